The first-order chi connectivity index (χ1) is 15.0. The molecule has 1 atom stereocenters. The molecule has 5 heteroatoms. The minimum Gasteiger partial charge on any atom is -0.449 e. The van der Waals surface area contributed by atoms with Crippen molar-refractivity contribution in [2.24, 2.45) is 0 Å². The van der Waals surface area contributed by atoms with Crippen molar-refractivity contribution >= 4 is 6.09 Å². The molecule has 160 valence electrons. The van der Waals surface area contributed by atoms with E-state index in [0.29, 0.717) is 30.5 Å². The Balaban J connectivity index is 1.25. The Morgan fingerprint density at radius 1 is 1.06 bits per heavy atom. The number of hydrogen-bond acceptors (Lipinski definition) is 3. The number of aryl methyl sites for hydroxylation is 1. The molecule has 1 amide bonds. The molecule has 31 heavy (non-hydrogen) atoms. The molecule has 2 N–H and O–H groups in total. The van der Waals surface area contributed by atoms with E-state index in [4.69, 9.17) is 4.74 Å². The molecule has 0 aliphatic heterocycles. The molecule has 1 aliphatic rings. The van der Waals surface area contributed by atoms with Crippen molar-refractivity contribution in [1.82, 2.24) is 5.32 Å². The van der Waals surface area contributed by atoms with Crippen molar-refractivity contribution in [3.63, 3.8) is 0 Å². The molecule has 0 fully saturated rings. The zero-order chi connectivity index (χ0) is 21.8. The van der Waals surface area contributed by atoms with Gasteiger partial charge in [-0.05, 0) is 59.2 Å². The van der Waals surface area contributed by atoms with Gasteiger partial charge < -0.3 is 15.2 Å². The number of ether oxygens (including phenoxy) is 1. The fourth-order valence-corrected chi connectivity index (χ4v) is 4.18. The lowest BCUT2D eigenvalue weighted by atomic mass is 9.98. The second kappa shape index (κ2) is 9.31. The molecular weight excluding hydrogens is 393 g/mol. The fourth-order valence-electron chi connectivity index (χ4n) is 4.18. The number of carbonyl (C=O) groups is 1. The zero-order valence-corrected chi connectivity index (χ0v) is 17.5. The molecule has 4 rings (SSSR count). The summed E-state index contributed by atoms with van der Waals surface area (Å²) in [5.41, 5.74) is 5.92. The largest absolute Gasteiger partial charge is 0.449 e. The van der Waals surface area contributed by atoms with Crippen LogP contribution in [-0.2, 0) is 4.74 Å². The number of hydrogen-bond donors (Lipinski definition) is 2. The van der Waals surface area contributed by atoms with Gasteiger partial charge in [0.05, 0.1) is 6.10 Å². The second-order valence-corrected chi connectivity index (χ2v) is 7.92. The number of fused-ring (bicyclic) bond motifs is 3. The van der Waals surface area contributed by atoms with Gasteiger partial charge >= 0.3 is 6.09 Å². The van der Waals surface area contributed by atoms with E-state index in [0.717, 1.165) is 0 Å². The summed E-state index contributed by atoms with van der Waals surface area (Å²) in [6.07, 6.45) is -0.103. The Bertz CT molecular complexity index is 1040. The molecule has 0 bridgehead atoms. The van der Waals surface area contributed by atoms with Gasteiger partial charge in [-0.2, -0.15) is 0 Å². The van der Waals surface area contributed by atoms with Crippen LogP contribution in [0.25, 0.3) is 11.1 Å². The van der Waals surface area contributed by atoms with Crippen LogP contribution in [0, 0.1) is 12.7 Å². The van der Waals surface area contributed by atoms with Crippen molar-refractivity contribution in [2.45, 2.75) is 31.8 Å². The smallest absolute Gasteiger partial charge is 0.407 e. The third-order valence-corrected chi connectivity index (χ3v) is 5.83. The molecular formula is C26H26FNO3. The van der Waals surface area contributed by atoms with Crippen LogP contribution in [-0.4, -0.2) is 24.4 Å². The third kappa shape index (κ3) is 4.62. The maximum absolute atomic E-state index is 13.4. The number of alkyl carbamates (subject to hydrolysis) is 1. The van der Waals surface area contributed by atoms with Crippen LogP contribution < -0.4 is 5.32 Å². The highest BCUT2D eigenvalue weighted by Gasteiger charge is 2.28. The quantitative estimate of drug-likeness (QED) is 0.498. The summed E-state index contributed by atoms with van der Waals surface area (Å²) in [7, 11) is 0. The van der Waals surface area contributed by atoms with Crippen LogP contribution in [0.5, 0.6) is 0 Å². The maximum atomic E-state index is 13.4. The van der Waals surface area contributed by atoms with E-state index >= 15 is 0 Å². The summed E-state index contributed by atoms with van der Waals surface area (Å²) < 4.78 is 18.9. The SMILES string of the molecule is Cc1cc(C(O)CCCNC(=O)OCC2c3ccccc3-c3ccccc32)ccc1F. The standard InChI is InChI=1S/C26H26FNO3/c1-17-15-18(12-13-24(17)27)25(29)11-6-14-28-26(30)31-16-23-21-9-4-2-7-19(21)20-8-3-5-10-22(20)23/h2-5,7-10,12-13,15,23,25,29H,6,11,14,16H2,1H3,(H,28,30). The summed E-state index contributed by atoms with van der Waals surface area (Å²) in [5, 5.41) is 13.0. The molecule has 0 radical (unpaired) electrons. The minimum absolute atomic E-state index is 0.0293. The van der Waals surface area contributed by atoms with Crippen LogP contribution >= 0.6 is 0 Å². The van der Waals surface area contributed by atoms with Gasteiger partial charge in [-0.3, -0.25) is 0 Å². The fraction of sp³-hybridized carbons (Fsp3) is 0.269. The molecule has 3 aromatic rings. The molecule has 1 aliphatic carbocycles. The number of benzene rings is 3. The number of aliphatic hydroxyl groups is 1. The van der Waals surface area contributed by atoms with E-state index in [-0.39, 0.29) is 18.3 Å². The Hall–Kier alpha value is -3.18. The predicted octanol–water partition coefficient (Wildman–Crippen LogP) is 5.49. The number of rotatable bonds is 7. The van der Waals surface area contributed by atoms with Gasteiger partial charge in [-0.25, -0.2) is 9.18 Å². The third-order valence-electron chi connectivity index (χ3n) is 5.83. The van der Waals surface area contributed by atoms with Crippen LogP contribution in [0.2, 0.25) is 0 Å². The number of amides is 1. The first kappa shape index (κ1) is 21.1. The maximum Gasteiger partial charge on any atom is 0.407 e. The summed E-state index contributed by atoms with van der Waals surface area (Å²) in [6, 6.07) is 21.0. The molecule has 3 aromatic carbocycles. The minimum atomic E-state index is -0.691. The lowest BCUT2D eigenvalue weighted by Crippen LogP contribution is -2.27. The number of halogens is 1. The molecule has 0 saturated heterocycles. The van der Waals surface area contributed by atoms with Crippen LogP contribution in [0.4, 0.5) is 9.18 Å². The highest BCUT2D eigenvalue weighted by molar-refractivity contribution is 5.79. The van der Waals surface area contributed by atoms with E-state index in [1.165, 1.54) is 28.3 Å². The van der Waals surface area contributed by atoms with E-state index < -0.39 is 12.2 Å². The van der Waals surface area contributed by atoms with Gasteiger partial charge in [-0.15, -0.1) is 0 Å². The van der Waals surface area contributed by atoms with Gasteiger partial charge in [0, 0.05) is 12.5 Å². The highest BCUT2D eigenvalue weighted by atomic mass is 19.1. The lowest BCUT2D eigenvalue weighted by Gasteiger charge is -2.15. The average Bonchev–Trinajstić information content (AvgIpc) is 3.11. The number of aliphatic hydroxyl groups excluding tert-OH is 1. The predicted molar refractivity (Wildman–Crippen MR) is 118 cm³/mol. The van der Waals surface area contributed by atoms with E-state index in [9.17, 15) is 14.3 Å². The number of carbonyl (C=O) groups excluding carboxylic acids is 1. The summed E-state index contributed by atoms with van der Waals surface area (Å²) in [4.78, 5) is 12.2. The van der Waals surface area contributed by atoms with Crippen LogP contribution in [0.3, 0.4) is 0 Å². The van der Waals surface area contributed by atoms with Gasteiger partial charge in [0.25, 0.3) is 0 Å². The van der Waals surface area contributed by atoms with Crippen molar-refractivity contribution in [3.05, 3.63) is 94.8 Å². The molecule has 4 nitrogen and oxygen atoms in total. The van der Waals surface area contributed by atoms with E-state index in [2.05, 4.69) is 29.6 Å². The Labute approximate surface area is 181 Å². The van der Waals surface area contributed by atoms with E-state index in [1.54, 1.807) is 19.1 Å². The zero-order valence-electron chi connectivity index (χ0n) is 17.5. The Kier molecular flexibility index (Phi) is 6.33. The molecule has 0 spiro atoms. The highest BCUT2D eigenvalue weighted by Crippen LogP contribution is 2.44. The Morgan fingerprint density at radius 2 is 1.71 bits per heavy atom. The first-order valence-electron chi connectivity index (χ1n) is 10.6. The summed E-state index contributed by atoms with van der Waals surface area (Å²) in [6.45, 7) is 2.34. The molecule has 0 aromatic heterocycles. The van der Waals surface area contributed by atoms with Gasteiger partial charge in [0.2, 0.25) is 0 Å². The topological polar surface area (TPSA) is 58.6 Å². The lowest BCUT2D eigenvalue weighted by molar-refractivity contribution is 0.140. The van der Waals surface area contributed by atoms with Crippen molar-refractivity contribution in [1.29, 1.82) is 0 Å². The Morgan fingerprint density at radius 3 is 2.35 bits per heavy atom. The monoisotopic (exact) mass is 419 g/mol. The normalized spacial score (nSPS) is 13.4. The van der Waals surface area contributed by atoms with Gasteiger partial charge in [0.15, 0.2) is 0 Å². The first-order valence-corrected chi connectivity index (χ1v) is 10.6. The summed E-state index contributed by atoms with van der Waals surface area (Å²) >= 11 is 0. The van der Waals surface area contributed by atoms with Gasteiger partial charge in [0.1, 0.15) is 12.4 Å². The van der Waals surface area contributed by atoms with Crippen LogP contribution in [0.15, 0.2) is 66.7 Å². The van der Waals surface area contributed by atoms with Crippen molar-refractivity contribution in [3.8, 4) is 11.1 Å². The summed E-state index contributed by atoms with van der Waals surface area (Å²) in [5.74, 6) is -0.255. The second-order valence-electron chi connectivity index (χ2n) is 7.92. The average molecular weight is 419 g/mol. The van der Waals surface area contributed by atoms with Crippen molar-refractivity contribution < 1.29 is 19.0 Å². The van der Waals surface area contributed by atoms with Gasteiger partial charge in [-0.1, -0.05) is 60.7 Å². The van der Waals surface area contributed by atoms with Crippen molar-refractivity contribution in [2.75, 3.05) is 13.2 Å². The molecule has 1 unspecified atom stereocenters. The number of nitrogens with one attached hydrogen (secondary N) is 1. The van der Waals surface area contributed by atoms with E-state index in [1.807, 2.05) is 24.3 Å². The van der Waals surface area contributed by atoms with Crippen LogP contribution in [0.1, 0.15) is 47.1 Å². The molecule has 0 saturated carbocycles. The molecule has 0 heterocycles.